The number of amides is 1. The summed E-state index contributed by atoms with van der Waals surface area (Å²) in [6.07, 6.45) is 1.30. The Morgan fingerprint density at radius 2 is 1.70 bits per heavy atom. The van der Waals surface area contributed by atoms with Crippen molar-refractivity contribution < 1.29 is 17.9 Å². The van der Waals surface area contributed by atoms with Gasteiger partial charge in [-0.05, 0) is 62.4 Å². The minimum atomic E-state index is -3.89. The molecular weight excluding hydrogens is 496 g/mol. The minimum Gasteiger partial charge on any atom is -0.497 e. The van der Waals surface area contributed by atoms with Crippen LogP contribution < -0.4 is 20.3 Å². The molecule has 4 rings (SSSR count). The van der Waals surface area contributed by atoms with Gasteiger partial charge in [-0.3, -0.25) is 18.9 Å². The standard InChI is InChI=1S/C25H24N6O5S/c1-16-12-23(28-17(2)27-16)30-37(34,35)21-10-6-19(7-11-21)29-24(32)14-31-15-26-22(13-25(31)33)18-4-8-20(36-3)9-5-18/h4-13,15H,14H2,1-3H3,(H,29,32)(H,27,28,30). The molecule has 37 heavy (non-hydrogen) atoms. The SMILES string of the molecule is COc1ccc(-c2cc(=O)n(CC(=O)Nc3ccc(S(=O)(=O)Nc4cc(C)nc(C)n4)cc3)cn2)cc1. The summed E-state index contributed by atoms with van der Waals surface area (Å²) in [6, 6.07) is 15.6. The fourth-order valence-corrected chi connectivity index (χ4v) is 4.49. The molecule has 0 saturated carbocycles. The Morgan fingerprint density at radius 3 is 2.32 bits per heavy atom. The van der Waals surface area contributed by atoms with E-state index >= 15 is 0 Å². The summed E-state index contributed by atoms with van der Waals surface area (Å²) in [5, 5.41) is 2.64. The molecule has 11 nitrogen and oxygen atoms in total. The van der Waals surface area contributed by atoms with Gasteiger partial charge in [0.1, 0.15) is 23.9 Å². The van der Waals surface area contributed by atoms with Crippen LogP contribution in [0.15, 0.2) is 76.7 Å². The van der Waals surface area contributed by atoms with Crippen molar-refractivity contribution in [1.82, 2.24) is 19.5 Å². The number of rotatable bonds is 8. The summed E-state index contributed by atoms with van der Waals surface area (Å²) >= 11 is 0. The molecule has 4 aromatic rings. The second-order valence-electron chi connectivity index (χ2n) is 8.09. The number of nitrogens with one attached hydrogen (secondary N) is 2. The van der Waals surface area contributed by atoms with Crippen LogP contribution in [0.4, 0.5) is 11.5 Å². The van der Waals surface area contributed by atoms with Gasteiger partial charge in [0, 0.05) is 29.1 Å². The molecule has 0 fully saturated rings. The molecule has 190 valence electrons. The third-order valence-electron chi connectivity index (χ3n) is 5.23. The lowest BCUT2D eigenvalue weighted by Crippen LogP contribution is -2.27. The van der Waals surface area contributed by atoms with E-state index in [4.69, 9.17) is 4.74 Å². The van der Waals surface area contributed by atoms with Crippen LogP contribution in [0.25, 0.3) is 11.3 Å². The van der Waals surface area contributed by atoms with E-state index in [1.54, 1.807) is 45.2 Å². The fourth-order valence-electron chi connectivity index (χ4n) is 3.50. The van der Waals surface area contributed by atoms with Crippen molar-refractivity contribution in [2.45, 2.75) is 25.3 Å². The molecule has 0 aliphatic heterocycles. The molecule has 12 heteroatoms. The van der Waals surface area contributed by atoms with Crippen molar-refractivity contribution in [3.05, 3.63) is 88.9 Å². The van der Waals surface area contributed by atoms with Crippen molar-refractivity contribution >= 4 is 27.4 Å². The van der Waals surface area contributed by atoms with Gasteiger partial charge < -0.3 is 10.1 Å². The Morgan fingerprint density at radius 1 is 1.00 bits per heavy atom. The van der Waals surface area contributed by atoms with Crippen LogP contribution in [0.5, 0.6) is 5.75 Å². The van der Waals surface area contributed by atoms with Crippen LogP contribution in [-0.2, 0) is 21.4 Å². The van der Waals surface area contributed by atoms with Crippen molar-refractivity contribution in [2.24, 2.45) is 0 Å². The predicted octanol–water partition coefficient (Wildman–Crippen LogP) is 2.77. The molecule has 1 amide bonds. The molecule has 0 aliphatic rings. The van der Waals surface area contributed by atoms with Gasteiger partial charge in [-0.15, -0.1) is 0 Å². The smallest absolute Gasteiger partial charge is 0.263 e. The van der Waals surface area contributed by atoms with Gasteiger partial charge in [-0.1, -0.05) is 0 Å². The van der Waals surface area contributed by atoms with Gasteiger partial charge in [-0.2, -0.15) is 0 Å². The highest BCUT2D eigenvalue weighted by Crippen LogP contribution is 2.20. The number of nitrogens with zero attached hydrogens (tertiary/aromatic N) is 4. The Bertz CT molecular complexity index is 1580. The molecule has 2 aromatic carbocycles. The Hall–Kier alpha value is -4.58. The second-order valence-corrected chi connectivity index (χ2v) is 9.77. The van der Waals surface area contributed by atoms with Crippen molar-refractivity contribution in [1.29, 1.82) is 0 Å². The van der Waals surface area contributed by atoms with E-state index in [9.17, 15) is 18.0 Å². The lowest BCUT2D eigenvalue weighted by molar-refractivity contribution is -0.116. The molecule has 2 heterocycles. The molecule has 0 radical (unpaired) electrons. The van der Waals surface area contributed by atoms with E-state index in [0.29, 0.717) is 28.6 Å². The van der Waals surface area contributed by atoms with Crippen LogP contribution in [0.3, 0.4) is 0 Å². The number of carbonyl (C=O) groups excluding carboxylic acids is 1. The van der Waals surface area contributed by atoms with Crippen LogP contribution in [0.1, 0.15) is 11.5 Å². The van der Waals surface area contributed by atoms with Crippen molar-refractivity contribution in [2.75, 3.05) is 17.1 Å². The molecule has 0 saturated heterocycles. The number of methoxy groups -OCH3 is 1. The summed E-state index contributed by atoms with van der Waals surface area (Å²) in [5.74, 6) is 0.827. The number of ether oxygens (including phenoxy) is 1. The average molecular weight is 521 g/mol. The molecule has 0 aliphatic carbocycles. The summed E-state index contributed by atoms with van der Waals surface area (Å²) in [5.41, 5.74) is 1.83. The zero-order valence-electron chi connectivity index (χ0n) is 20.3. The van der Waals surface area contributed by atoms with Crippen LogP contribution >= 0.6 is 0 Å². The Balaban J connectivity index is 1.40. The van der Waals surface area contributed by atoms with Crippen molar-refractivity contribution in [3.63, 3.8) is 0 Å². The van der Waals surface area contributed by atoms with Crippen LogP contribution in [0, 0.1) is 13.8 Å². The molecular formula is C25H24N6O5S. The zero-order valence-corrected chi connectivity index (χ0v) is 21.1. The average Bonchev–Trinajstić information content (AvgIpc) is 2.85. The summed E-state index contributed by atoms with van der Waals surface area (Å²) in [7, 11) is -2.33. The van der Waals surface area contributed by atoms with Gasteiger partial charge in [0.25, 0.3) is 15.6 Å². The number of sulfonamides is 1. The summed E-state index contributed by atoms with van der Waals surface area (Å²) in [4.78, 5) is 37.5. The number of aryl methyl sites for hydroxylation is 2. The van der Waals surface area contributed by atoms with Crippen LogP contribution in [-0.4, -0.2) is 41.0 Å². The number of carbonyl (C=O) groups is 1. The normalized spacial score (nSPS) is 11.1. The maximum Gasteiger partial charge on any atom is 0.263 e. The molecule has 0 spiro atoms. The predicted molar refractivity (Wildman–Crippen MR) is 138 cm³/mol. The lowest BCUT2D eigenvalue weighted by Gasteiger charge is -2.10. The quantitative estimate of drug-likeness (QED) is 0.361. The number of anilines is 2. The second kappa shape index (κ2) is 10.6. The summed E-state index contributed by atoms with van der Waals surface area (Å²) < 4.78 is 34.1. The highest BCUT2D eigenvalue weighted by molar-refractivity contribution is 7.92. The van der Waals surface area contributed by atoms with E-state index < -0.39 is 21.5 Å². The molecule has 2 N–H and O–H groups in total. The highest BCUT2D eigenvalue weighted by atomic mass is 32.2. The highest BCUT2D eigenvalue weighted by Gasteiger charge is 2.16. The Labute approximate surface area is 213 Å². The first-order valence-electron chi connectivity index (χ1n) is 11.1. The van der Waals surface area contributed by atoms with E-state index in [1.165, 1.54) is 47.3 Å². The van der Waals surface area contributed by atoms with Crippen molar-refractivity contribution in [3.8, 4) is 17.0 Å². The first-order valence-corrected chi connectivity index (χ1v) is 12.6. The van der Waals surface area contributed by atoms with Gasteiger partial charge in [0.2, 0.25) is 5.91 Å². The van der Waals surface area contributed by atoms with E-state index in [-0.39, 0.29) is 17.3 Å². The molecule has 0 unspecified atom stereocenters. The molecule has 2 aromatic heterocycles. The first kappa shape index (κ1) is 25.5. The van der Waals surface area contributed by atoms with E-state index in [0.717, 1.165) is 5.56 Å². The number of aromatic nitrogens is 4. The van der Waals surface area contributed by atoms with E-state index in [2.05, 4.69) is 25.0 Å². The largest absolute Gasteiger partial charge is 0.497 e. The lowest BCUT2D eigenvalue weighted by atomic mass is 10.1. The molecule has 0 atom stereocenters. The fraction of sp³-hybridized carbons (Fsp3) is 0.160. The third kappa shape index (κ3) is 6.35. The van der Waals surface area contributed by atoms with E-state index in [1.807, 2.05) is 0 Å². The number of hydrogen-bond donors (Lipinski definition) is 2. The van der Waals surface area contributed by atoms with Crippen LogP contribution in [0.2, 0.25) is 0 Å². The minimum absolute atomic E-state index is 0.00559. The zero-order chi connectivity index (χ0) is 26.6. The monoisotopic (exact) mass is 520 g/mol. The summed E-state index contributed by atoms with van der Waals surface area (Å²) in [6.45, 7) is 3.15. The first-order chi connectivity index (χ1) is 17.6. The number of benzene rings is 2. The van der Waals surface area contributed by atoms with Gasteiger partial charge in [-0.25, -0.2) is 23.4 Å². The van der Waals surface area contributed by atoms with Gasteiger partial charge >= 0.3 is 0 Å². The Kier molecular flexibility index (Phi) is 7.30. The third-order valence-corrected chi connectivity index (χ3v) is 6.60. The molecule has 0 bridgehead atoms. The maximum absolute atomic E-state index is 12.7. The topological polar surface area (TPSA) is 145 Å². The maximum atomic E-state index is 12.7. The van der Waals surface area contributed by atoms with Gasteiger partial charge in [0.15, 0.2) is 0 Å². The number of hydrogen-bond acceptors (Lipinski definition) is 8. The van der Waals surface area contributed by atoms with Gasteiger partial charge in [0.05, 0.1) is 24.0 Å².